The van der Waals surface area contributed by atoms with Gasteiger partial charge in [-0.25, -0.2) is 0 Å². The summed E-state index contributed by atoms with van der Waals surface area (Å²) in [6.45, 7) is 0.248. The third-order valence-electron chi connectivity index (χ3n) is 6.65. The minimum Gasteiger partial charge on any atom is -0.497 e. The van der Waals surface area contributed by atoms with E-state index in [1.807, 2.05) is 66.7 Å². The molecule has 5 aromatic rings. The first-order valence-corrected chi connectivity index (χ1v) is 13.5. The quantitative estimate of drug-likeness (QED) is 0.237. The molecule has 0 saturated heterocycles. The van der Waals surface area contributed by atoms with Gasteiger partial charge in [-0.2, -0.15) is 4.37 Å². The number of fused-ring (bicyclic) bond motifs is 1. The number of amides is 3. The van der Waals surface area contributed by atoms with Gasteiger partial charge in [0.2, 0.25) is 5.91 Å². The van der Waals surface area contributed by atoms with Crippen molar-refractivity contribution in [3.63, 3.8) is 0 Å². The van der Waals surface area contributed by atoms with Crippen LogP contribution in [0.4, 0.5) is 11.4 Å². The van der Waals surface area contributed by atoms with Crippen molar-refractivity contribution < 1.29 is 19.1 Å². The van der Waals surface area contributed by atoms with Crippen LogP contribution in [0, 0.1) is 0 Å². The molecular weight excluding hydrogens is 538 g/mol. The Morgan fingerprint density at radius 3 is 2.29 bits per heavy atom. The first-order chi connectivity index (χ1) is 19.9. The van der Waals surface area contributed by atoms with Gasteiger partial charge in [-0.3, -0.25) is 19.3 Å². The Morgan fingerprint density at radius 1 is 0.927 bits per heavy atom. The maximum absolute atomic E-state index is 14.4. The molecule has 0 spiro atoms. The number of anilines is 2. The topological polar surface area (TPSA) is 141 Å². The van der Waals surface area contributed by atoms with E-state index in [9.17, 15) is 14.4 Å². The van der Waals surface area contributed by atoms with Crippen LogP contribution in [0.3, 0.4) is 0 Å². The molecular formula is C31H27N5O4S. The number of rotatable bonds is 9. The van der Waals surface area contributed by atoms with Crippen LogP contribution in [0.2, 0.25) is 0 Å². The lowest BCUT2D eigenvalue weighted by atomic mass is 10.00. The molecule has 1 atom stereocenters. The highest BCUT2D eigenvalue weighted by atomic mass is 32.1. The lowest BCUT2D eigenvalue weighted by Gasteiger charge is -2.32. The Morgan fingerprint density at radius 2 is 1.61 bits per heavy atom. The average molecular weight is 566 g/mol. The molecule has 9 nitrogen and oxygen atoms in total. The average Bonchev–Trinajstić information content (AvgIpc) is 3.40. The fourth-order valence-corrected chi connectivity index (χ4v) is 5.35. The van der Waals surface area contributed by atoms with Crippen LogP contribution in [-0.2, 0) is 11.3 Å². The summed E-state index contributed by atoms with van der Waals surface area (Å²) >= 11 is 0.763. The number of ether oxygens (including phenoxy) is 1. The monoisotopic (exact) mass is 565 g/mol. The molecule has 1 heterocycles. The predicted molar refractivity (Wildman–Crippen MR) is 160 cm³/mol. The highest BCUT2D eigenvalue weighted by Gasteiger charge is 2.36. The Labute approximate surface area is 240 Å². The second-order valence-corrected chi connectivity index (χ2v) is 9.96. The summed E-state index contributed by atoms with van der Waals surface area (Å²) in [6.07, 6.45) is 0. The molecule has 0 saturated carbocycles. The van der Waals surface area contributed by atoms with E-state index in [0.717, 1.165) is 27.9 Å². The standard InChI is InChI=1S/C31H27N5O4S/c1-40-22-16-14-21(15-17-22)27(30(38)34-18-19-8-3-2-4-9-19)36(24-13-7-11-20-10-5-6-12-23(20)24)31(39)28-25(32)26(29(33)37)35-41-28/h2-17,27H,18,32H2,1H3,(H2,33,37)(H,34,38). The molecule has 206 valence electrons. The first kappa shape index (κ1) is 27.4. The Bertz CT molecular complexity index is 1710. The fraction of sp³-hybridized carbons (Fsp3) is 0.0968. The molecule has 0 aliphatic rings. The third-order valence-corrected chi connectivity index (χ3v) is 7.50. The van der Waals surface area contributed by atoms with Crippen molar-refractivity contribution in [2.75, 3.05) is 17.7 Å². The Balaban J connectivity index is 1.69. The highest BCUT2D eigenvalue weighted by molar-refractivity contribution is 7.09. The number of carbonyl (C=O) groups is 3. The molecule has 0 aliphatic carbocycles. The smallest absolute Gasteiger partial charge is 0.273 e. The van der Waals surface area contributed by atoms with Crippen LogP contribution in [0.5, 0.6) is 5.75 Å². The van der Waals surface area contributed by atoms with Gasteiger partial charge in [-0.1, -0.05) is 78.9 Å². The minimum absolute atomic E-state index is 0.00102. The molecule has 4 aromatic carbocycles. The minimum atomic E-state index is -1.12. The molecule has 0 fully saturated rings. The lowest BCUT2D eigenvalue weighted by molar-refractivity contribution is -0.122. The molecule has 10 heteroatoms. The summed E-state index contributed by atoms with van der Waals surface area (Å²) < 4.78 is 9.36. The number of nitrogens with one attached hydrogen (secondary N) is 1. The van der Waals surface area contributed by atoms with Crippen LogP contribution in [0.15, 0.2) is 97.1 Å². The van der Waals surface area contributed by atoms with Crippen molar-refractivity contribution in [2.45, 2.75) is 12.6 Å². The van der Waals surface area contributed by atoms with E-state index in [4.69, 9.17) is 16.2 Å². The first-order valence-electron chi connectivity index (χ1n) is 12.7. The number of benzene rings is 4. The SMILES string of the molecule is COc1ccc(C(C(=O)NCc2ccccc2)N(C(=O)c2snc(C(N)=O)c2N)c2cccc3ccccc23)cc1. The molecule has 1 aromatic heterocycles. The van der Waals surface area contributed by atoms with E-state index >= 15 is 0 Å². The van der Waals surface area contributed by atoms with Crippen LogP contribution in [-0.4, -0.2) is 29.2 Å². The zero-order chi connectivity index (χ0) is 28.9. The highest BCUT2D eigenvalue weighted by Crippen LogP contribution is 2.37. The van der Waals surface area contributed by atoms with Gasteiger partial charge in [0.1, 0.15) is 16.7 Å². The summed E-state index contributed by atoms with van der Waals surface area (Å²) in [5, 5.41) is 4.60. The zero-order valence-electron chi connectivity index (χ0n) is 22.1. The number of nitrogens with zero attached hydrogens (tertiary/aromatic N) is 2. The van der Waals surface area contributed by atoms with Gasteiger partial charge >= 0.3 is 0 Å². The van der Waals surface area contributed by atoms with Crippen molar-refractivity contribution in [2.24, 2.45) is 5.73 Å². The Hall–Kier alpha value is -5.22. The summed E-state index contributed by atoms with van der Waals surface area (Å²) in [4.78, 5) is 41.8. The molecule has 5 rings (SSSR count). The summed E-state index contributed by atoms with van der Waals surface area (Å²) in [5.74, 6) is -1.27. The fourth-order valence-electron chi connectivity index (χ4n) is 4.61. The number of carbonyl (C=O) groups excluding carboxylic acids is 3. The van der Waals surface area contributed by atoms with Crippen LogP contribution in [0.1, 0.15) is 37.3 Å². The van der Waals surface area contributed by atoms with E-state index < -0.39 is 23.8 Å². The maximum Gasteiger partial charge on any atom is 0.273 e. The zero-order valence-corrected chi connectivity index (χ0v) is 22.9. The van der Waals surface area contributed by atoms with Gasteiger partial charge in [0, 0.05) is 11.9 Å². The van der Waals surface area contributed by atoms with Gasteiger partial charge in [-0.05, 0) is 46.2 Å². The van der Waals surface area contributed by atoms with E-state index in [2.05, 4.69) is 9.69 Å². The van der Waals surface area contributed by atoms with Crippen molar-refractivity contribution in [1.29, 1.82) is 0 Å². The van der Waals surface area contributed by atoms with Crippen molar-refractivity contribution in [3.8, 4) is 5.75 Å². The number of aromatic nitrogens is 1. The summed E-state index contributed by atoms with van der Waals surface area (Å²) in [6, 6.07) is 28.3. The molecule has 1 unspecified atom stereocenters. The second kappa shape index (κ2) is 11.9. The molecule has 41 heavy (non-hydrogen) atoms. The molecule has 0 radical (unpaired) electrons. The molecule has 3 amide bonds. The number of nitrogens with two attached hydrogens (primary N) is 2. The van der Waals surface area contributed by atoms with Gasteiger partial charge in [0.15, 0.2) is 5.69 Å². The maximum atomic E-state index is 14.4. The summed E-state index contributed by atoms with van der Waals surface area (Å²) in [5.41, 5.74) is 13.2. The van der Waals surface area contributed by atoms with Crippen molar-refractivity contribution in [1.82, 2.24) is 9.69 Å². The number of nitrogen functional groups attached to an aromatic ring is 1. The number of hydrogen-bond donors (Lipinski definition) is 3. The van der Waals surface area contributed by atoms with Crippen LogP contribution in [0.25, 0.3) is 10.8 Å². The predicted octanol–water partition coefficient (Wildman–Crippen LogP) is 4.69. The molecule has 5 N–H and O–H groups in total. The van der Waals surface area contributed by atoms with Crippen LogP contribution < -0.4 is 26.4 Å². The third kappa shape index (κ3) is 5.59. The summed E-state index contributed by atoms with van der Waals surface area (Å²) in [7, 11) is 1.55. The molecule has 0 bridgehead atoms. The number of methoxy groups -OCH3 is 1. The van der Waals surface area contributed by atoms with E-state index in [1.54, 1.807) is 37.4 Å². The van der Waals surface area contributed by atoms with Crippen molar-refractivity contribution >= 4 is 51.4 Å². The Kier molecular flexibility index (Phi) is 7.93. The van der Waals surface area contributed by atoms with Gasteiger partial charge in [0.25, 0.3) is 11.8 Å². The van der Waals surface area contributed by atoms with E-state index in [1.165, 1.54) is 4.90 Å². The van der Waals surface area contributed by atoms with Gasteiger partial charge in [0.05, 0.1) is 18.5 Å². The van der Waals surface area contributed by atoms with E-state index in [-0.39, 0.29) is 22.8 Å². The lowest BCUT2D eigenvalue weighted by Crippen LogP contribution is -2.44. The van der Waals surface area contributed by atoms with Crippen LogP contribution >= 0.6 is 11.5 Å². The van der Waals surface area contributed by atoms with E-state index in [0.29, 0.717) is 17.0 Å². The number of primary amides is 1. The normalized spacial score (nSPS) is 11.5. The van der Waals surface area contributed by atoms with Gasteiger partial charge < -0.3 is 21.5 Å². The van der Waals surface area contributed by atoms with Gasteiger partial charge in [-0.15, -0.1) is 0 Å². The number of hydrogen-bond acceptors (Lipinski definition) is 7. The largest absolute Gasteiger partial charge is 0.497 e. The molecule has 0 aliphatic heterocycles. The second-order valence-electron chi connectivity index (χ2n) is 9.19. The van der Waals surface area contributed by atoms with Crippen molar-refractivity contribution in [3.05, 3.63) is 119 Å².